The number of anilines is 1. The first-order valence-corrected chi connectivity index (χ1v) is 7.05. The third kappa shape index (κ3) is 3.02. The topological polar surface area (TPSA) is 12.0 Å². The summed E-state index contributed by atoms with van der Waals surface area (Å²) in [5, 5.41) is 3.41. The van der Waals surface area contributed by atoms with Crippen LogP contribution in [0.15, 0.2) is 48.5 Å². The highest BCUT2D eigenvalue weighted by molar-refractivity contribution is 14.1. The maximum atomic E-state index is 13.8. The van der Waals surface area contributed by atoms with Crippen molar-refractivity contribution in [3.63, 3.8) is 0 Å². The Morgan fingerprint density at radius 2 is 1.78 bits per heavy atom. The second kappa shape index (κ2) is 6.18. The first kappa shape index (κ1) is 13.3. The normalized spacial score (nSPS) is 12.2. The van der Waals surface area contributed by atoms with Gasteiger partial charge >= 0.3 is 0 Å². The molecule has 0 amide bonds. The molecular formula is C15H15FIN. The van der Waals surface area contributed by atoms with Crippen LogP contribution in [0, 0.1) is 9.39 Å². The summed E-state index contributed by atoms with van der Waals surface area (Å²) in [7, 11) is 0. The summed E-state index contributed by atoms with van der Waals surface area (Å²) in [4.78, 5) is 0. The fourth-order valence-corrected chi connectivity index (χ4v) is 2.47. The van der Waals surface area contributed by atoms with Crippen LogP contribution in [0.4, 0.5) is 10.1 Å². The summed E-state index contributed by atoms with van der Waals surface area (Å²) in [6, 6.07) is 15.0. The fourth-order valence-electron chi connectivity index (χ4n) is 1.92. The number of benzene rings is 2. The minimum absolute atomic E-state index is 0.00196. The first-order valence-electron chi connectivity index (χ1n) is 5.98. The molecule has 1 nitrogen and oxygen atoms in total. The number of rotatable bonds is 4. The van der Waals surface area contributed by atoms with Crippen molar-refractivity contribution in [2.24, 2.45) is 0 Å². The highest BCUT2D eigenvalue weighted by Gasteiger charge is 2.13. The van der Waals surface area contributed by atoms with Gasteiger partial charge in [0.05, 0.1) is 6.04 Å². The van der Waals surface area contributed by atoms with Gasteiger partial charge in [0, 0.05) is 14.8 Å². The molecule has 18 heavy (non-hydrogen) atoms. The van der Waals surface area contributed by atoms with Crippen LogP contribution < -0.4 is 5.32 Å². The van der Waals surface area contributed by atoms with Crippen LogP contribution in [0.25, 0.3) is 0 Å². The van der Waals surface area contributed by atoms with E-state index in [1.54, 1.807) is 6.07 Å². The second-order valence-electron chi connectivity index (χ2n) is 4.11. The molecular weight excluding hydrogens is 340 g/mol. The quantitative estimate of drug-likeness (QED) is 0.762. The molecule has 2 aromatic carbocycles. The van der Waals surface area contributed by atoms with Gasteiger partial charge in [0.15, 0.2) is 0 Å². The van der Waals surface area contributed by atoms with Gasteiger partial charge in [-0.3, -0.25) is 0 Å². The fraction of sp³-hybridized carbons (Fsp3) is 0.200. The van der Waals surface area contributed by atoms with Crippen molar-refractivity contribution in [3.8, 4) is 0 Å². The van der Waals surface area contributed by atoms with Crippen LogP contribution in [0.1, 0.15) is 24.9 Å². The van der Waals surface area contributed by atoms with E-state index in [2.05, 4.69) is 34.8 Å². The molecule has 0 heterocycles. The van der Waals surface area contributed by atoms with Crippen LogP contribution in [-0.2, 0) is 0 Å². The van der Waals surface area contributed by atoms with Crippen molar-refractivity contribution in [2.75, 3.05) is 5.32 Å². The maximum absolute atomic E-state index is 13.8. The highest BCUT2D eigenvalue weighted by atomic mass is 127. The summed E-state index contributed by atoms with van der Waals surface area (Å²) >= 11 is 2.28. The van der Waals surface area contributed by atoms with Gasteiger partial charge in [0.1, 0.15) is 5.82 Å². The minimum Gasteiger partial charge on any atom is -0.377 e. The van der Waals surface area contributed by atoms with E-state index in [4.69, 9.17) is 0 Å². The molecule has 1 atom stereocenters. The van der Waals surface area contributed by atoms with Gasteiger partial charge in [-0.1, -0.05) is 37.3 Å². The molecule has 0 aliphatic rings. The molecule has 1 N–H and O–H groups in total. The summed E-state index contributed by atoms with van der Waals surface area (Å²) < 4.78 is 14.9. The number of halogens is 2. The van der Waals surface area contributed by atoms with E-state index < -0.39 is 0 Å². The predicted molar refractivity (Wildman–Crippen MR) is 82.2 cm³/mol. The van der Waals surface area contributed by atoms with Crippen LogP contribution in [0.3, 0.4) is 0 Å². The molecule has 0 aromatic heterocycles. The van der Waals surface area contributed by atoms with Gasteiger partial charge < -0.3 is 5.32 Å². The average molecular weight is 355 g/mol. The molecule has 2 rings (SSSR count). The highest BCUT2D eigenvalue weighted by Crippen LogP contribution is 2.27. The monoisotopic (exact) mass is 355 g/mol. The molecule has 0 saturated heterocycles. The zero-order chi connectivity index (χ0) is 13.0. The molecule has 0 saturated carbocycles. The number of nitrogens with one attached hydrogen (secondary N) is 1. The van der Waals surface area contributed by atoms with E-state index in [0.29, 0.717) is 0 Å². The Hall–Kier alpha value is -1.10. The molecule has 2 aromatic rings. The zero-order valence-corrected chi connectivity index (χ0v) is 12.3. The van der Waals surface area contributed by atoms with Crippen molar-refractivity contribution < 1.29 is 4.39 Å². The minimum atomic E-state index is -0.150. The molecule has 0 aliphatic heterocycles. The maximum Gasteiger partial charge on any atom is 0.128 e. The average Bonchev–Trinajstić information content (AvgIpc) is 2.39. The number of para-hydroxylation sites is 1. The Balaban J connectivity index is 2.26. The SMILES string of the molecule is CCC(Nc1ccccc1I)c1ccccc1F. The second-order valence-corrected chi connectivity index (χ2v) is 5.27. The third-order valence-electron chi connectivity index (χ3n) is 2.89. The molecule has 0 radical (unpaired) electrons. The van der Waals surface area contributed by atoms with Crippen molar-refractivity contribution in [1.29, 1.82) is 0 Å². The summed E-state index contributed by atoms with van der Waals surface area (Å²) in [6.07, 6.45) is 0.839. The lowest BCUT2D eigenvalue weighted by molar-refractivity contribution is 0.587. The largest absolute Gasteiger partial charge is 0.377 e. The Morgan fingerprint density at radius 3 is 2.44 bits per heavy atom. The summed E-state index contributed by atoms with van der Waals surface area (Å²) in [5.74, 6) is -0.150. The zero-order valence-electron chi connectivity index (χ0n) is 10.2. The lowest BCUT2D eigenvalue weighted by Crippen LogP contribution is -2.12. The van der Waals surface area contributed by atoms with E-state index in [9.17, 15) is 4.39 Å². The molecule has 94 valence electrons. The van der Waals surface area contributed by atoms with Crippen molar-refractivity contribution >= 4 is 28.3 Å². The van der Waals surface area contributed by atoms with Crippen LogP contribution in [0.2, 0.25) is 0 Å². The van der Waals surface area contributed by atoms with E-state index in [1.807, 2.05) is 36.4 Å². The Labute approximate surface area is 121 Å². The predicted octanol–water partition coefficient (Wildman–Crippen LogP) is 4.99. The van der Waals surface area contributed by atoms with Crippen LogP contribution in [-0.4, -0.2) is 0 Å². The van der Waals surface area contributed by atoms with E-state index in [1.165, 1.54) is 6.07 Å². The van der Waals surface area contributed by atoms with Gasteiger partial charge in [0.2, 0.25) is 0 Å². The van der Waals surface area contributed by atoms with Gasteiger partial charge in [-0.25, -0.2) is 4.39 Å². The lowest BCUT2D eigenvalue weighted by atomic mass is 10.0. The molecule has 1 unspecified atom stereocenters. The van der Waals surface area contributed by atoms with Gasteiger partial charge in [-0.2, -0.15) is 0 Å². The summed E-state index contributed by atoms with van der Waals surface area (Å²) in [5.41, 5.74) is 1.77. The Bertz CT molecular complexity index is 527. The van der Waals surface area contributed by atoms with Crippen LogP contribution >= 0.6 is 22.6 Å². The third-order valence-corrected chi connectivity index (χ3v) is 3.83. The van der Waals surface area contributed by atoms with Crippen molar-refractivity contribution in [1.82, 2.24) is 0 Å². The number of hydrogen-bond acceptors (Lipinski definition) is 1. The first-order chi connectivity index (χ1) is 8.72. The lowest BCUT2D eigenvalue weighted by Gasteiger charge is -2.20. The van der Waals surface area contributed by atoms with Gasteiger partial charge in [-0.05, 0) is 47.2 Å². The molecule has 0 spiro atoms. The van der Waals surface area contributed by atoms with Gasteiger partial charge in [-0.15, -0.1) is 0 Å². The van der Waals surface area contributed by atoms with Crippen molar-refractivity contribution in [3.05, 3.63) is 63.5 Å². The van der Waals surface area contributed by atoms with E-state index in [0.717, 1.165) is 21.2 Å². The molecule has 0 fully saturated rings. The molecule has 0 aliphatic carbocycles. The Morgan fingerprint density at radius 1 is 1.11 bits per heavy atom. The number of hydrogen-bond donors (Lipinski definition) is 1. The molecule has 3 heteroatoms. The van der Waals surface area contributed by atoms with Crippen molar-refractivity contribution in [2.45, 2.75) is 19.4 Å². The van der Waals surface area contributed by atoms with Crippen LogP contribution in [0.5, 0.6) is 0 Å². The summed E-state index contributed by atoms with van der Waals surface area (Å²) in [6.45, 7) is 2.06. The van der Waals surface area contributed by atoms with E-state index in [-0.39, 0.29) is 11.9 Å². The smallest absolute Gasteiger partial charge is 0.128 e. The molecule has 0 bridgehead atoms. The standard InChI is InChI=1S/C15H15FIN/c1-2-14(11-7-3-4-8-12(11)16)18-15-10-6-5-9-13(15)17/h3-10,14,18H,2H2,1H3. The van der Waals surface area contributed by atoms with E-state index >= 15 is 0 Å². The Kier molecular flexibility index (Phi) is 4.58. The van der Waals surface area contributed by atoms with Gasteiger partial charge in [0.25, 0.3) is 0 Å².